The monoisotopic (exact) mass is 374 g/mol. The number of hydrogen-bond acceptors (Lipinski definition) is 4. The van der Waals surface area contributed by atoms with Gasteiger partial charge in [0.15, 0.2) is 0 Å². The molecule has 0 unspecified atom stereocenters. The second kappa shape index (κ2) is 6.78. The Morgan fingerprint density at radius 2 is 1.93 bits per heavy atom. The van der Waals surface area contributed by atoms with Crippen LogP contribution in [0.25, 0.3) is 33.5 Å². The summed E-state index contributed by atoms with van der Waals surface area (Å²) in [6, 6.07) is 8.37. The third kappa shape index (κ3) is 3.38. The smallest absolute Gasteiger partial charge is 0.142 e. The van der Waals surface area contributed by atoms with E-state index in [0.717, 1.165) is 46.5 Å². The molecule has 144 valence electrons. The molecule has 0 aliphatic rings. The molecule has 0 atom stereocenters. The molecule has 0 spiro atoms. The van der Waals surface area contributed by atoms with E-state index in [4.69, 9.17) is 10.7 Å². The van der Waals surface area contributed by atoms with Crippen molar-refractivity contribution in [3.05, 3.63) is 48.4 Å². The van der Waals surface area contributed by atoms with Crippen LogP contribution in [0.15, 0.2) is 42.9 Å². The quantitative estimate of drug-likeness (QED) is 0.538. The number of aromatic nitrogens is 5. The van der Waals surface area contributed by atoms with Crippen molar-refractivity contribution >= 4 is 16.9 Å². The molecule has 0 bridgehead atoms. The first-order chi connectivity index (χ1) is 13.3. The van der Waals surface area contributed by atoms with Gasteiger partial charge >= 0.3 is 0 Å². The van der Waals surface area contributed by atoms with Crippen LogP contribution in [-0.2, 0) is 12.0 Å². The minimum Gasteiger partial charge on any atom is -0.383 e. The van der Waals surface area contributed by atoms with E-state index in [0.29, 0.717) is 5.82 Å². The molecule has 0 radical (unpaired) electrons. The van der Waals surface area contributed by atoms with Crippen LogP contribution in [0.5, 0.6) is 0 Å². The molecule has 0 aliphatic heterocycles. The van der Waals surface area contributed by atoms with E-state index in [1.807, 2.05) is 23.1 Å². The Kier molecular flexibility index (Phi) is 4.41. The Morgan fingerprint density at radius 3 is 2.68 bits per heavy atom. The lowest BCUT2D eigenvalue weighted by molar-refractivity contribution is 0.591. The van der Waals surface area contributed by atoms with Crippen molar-refractivity contribution in [2.75, 3.05) is 5.73 Å². The van der Waals surface area contributed by atoms with Gasteiger partial charge in [-0.3, -0.25) is 4.68 Å². The van der Waals surface area contributed by atoms with Crippen LogP contribution in [0.3, 0.4) is 0 Å². The molecule has 3 N–H and O–H groups in total. The van der Waals surface area contributed by atoms with Gasteiger partial charge in [-0.15, -0.1) is 0 Å². The highest BCUT2D eigenvalue weighted by Gasteiger charge is 2.16. The van der Waals surface area contributed by atoms with Gasteiger partial charge in [0.05, 0.1) is 22.8 Å². The fraction of sp³-hybridized carbons (Fsp3) is 0.318. The minimum absolute atomic E-state index is 0.0820. The second-order valence-electron chi connectivity index (χ2n) is 8.22. The Morgan fingerprint density at radius 1 is 1.11 bits per heavy atom. The maximum absolute atomic E-state index is 6.18. The third-order valence-electron chi connectivity index (χ3n) is 4.94. The van der Waals surface area contributed by atoms with Gasteiger partial charge in [-0.05, 0) is 35.6 Å². The van der Waals surface area contributed by atoms with Crippen LogP contribution >= 0.6 is 0 Å². The summed E-state index contributed by atoms with van der Waals surface area (Å²) in [5, 5.41) is 4.41. The van der Waals surface area contributed by atoms with Crippen LogP contribution in [0.4, 0.5) is 5.82 Å². The third-order valence-corrected chi connectivity index (χ3v) is 4.94. The number of benzene rings is 1. The zero-order valence-electron chi connectivity index (χ0n) is 16.8. The Labute approximate surface area is 164 Å². The number of H-pyrrole nitrogens is 1. The number of hydrogen-bond donors (Lipinski definition) is 2. The van der Waals surface area contributed by atoms with E-state index in [1.165, 1.54) is 5.56 Å². The average Bonchev–Trinajstić information content (AvgIpc) is 3.28. The highest BCUT2D eigenvalue weighted by Crippen LogP contribution is 2.31. The lowest BCUT2D eigenvalue weighted by atomic mass is 9.87. The highest BCUT2D eigenvalue weighted by atomic mass is 15.3. The Bertz CT molecular complexity index is 1130. The van der Waals surface area contributed by atoms with E-state index in [1.54, 1.807) is 6.20 Å². The van der Waals surface area contributed by atoms with Gasteiger partial charge in [0.2, 0.25) is 0 Å². The number of pyridine rings is 1. The summed E-state index contributed by atoms with van der Waals surface area (Å²) in [7, 11) is 0. The van der Waals surface area contributed by atoms with Gasteiger partial charge in [0.1, 0.15) is 11.6 Å². The number of aryl methyl sites for hydroxylation is 1. The number of anilines is 1. The van der Waals surface area contributed by atoms with Crippen molar-refractivity contribution in [2.45, 2.75) is 46.1 Å². The first kappa shape index (κ1) is 18.2. The number of fused-ring (bicyclic) bond motifs is 1. The maximum Gasteiger partial charge on any atom is 0.142 e. The molecular weight excluding hydrogens is 348 g/mol. The Balaban J connectivity index is 1.75. The predicted molar refractivity (Wildman–Crippen MR) is 114 cm³/mol. The average molecular weight is 374 g/mol. The summed E-state index contributed by atoms with van der Waals surface area (Å²) in [5.41, 5.74) is 12.2. The van der Waals surface area contributed by atoms with E-state index in [-0.39, 0.29) is 5.41 Å². The van der Waals surface area contributed by atoms with E-state index in [2.05, 4.69) is 61.0 Å². The van der Waals surface area contributed by atoms with Crippen LogP contribution in [0, 0.1) is 0 Å². The van der Waals surface area contributed by atoms with E-state index in [9.17, 15) is 0 Å². The largest absolute Gasteiger partial charge is 0.383 e. The molecular formula is C22H26N6. The molecule has 0 aliphatic carbocycles. The van der Waals surface area contributed by atoms with Gasteiger partial charge in [-0.2, -0.15) is 5.10 Å². The number of nitrogens with zero attached hydrogens (tertiary/aromatic N) is 4. The standard InChI is InChI=1S/C22H26N6/c1-5-8-28-13-15(12-25-28)14-9-17(20(23)24-11-14)21-26-18-7-6-16(22(2,3)4)10-19(18)27-21/h6-7,9-13H,5,8H2,1-4H3,(H2,23,24)(H,26,27). The molecule has 6 nitrogen and oxygen atoms in total. The predicted octanol–water partition coefficient (Wildman–Crippen LogP) is 4.78. The fourth-order valence-electron chi connectivity index (χ4n) is 3.29. The normalized spacial score (nSPS) is 12.0. The lowest BCUT2D eigenvalue weighted by Gasteiger charge is -2.18. The zero-order chi connectivity index (χ0) is 19.9. The molecule has 3 heterocycles. The molecule has 0 saturated heterocycles. The molecule has 0 amide bonds. The van der Waals surface area contributed by atoms with E-state index >= 15 is 0 Å². The summed E-state index contributed by atoms with van der Waals surface area (Å²) in [4.78, 5) is 12.6. The van der Waals surface area contributed by atoms with Gasteiger partial charge in [0.25, 0.3) is 0 Å². The first-order valence-corrected chi connectivity index (χ1v) is 9.64. The van der Waals surface area contributed by atoms with E-state index < -0.39 is 0 Å². The molecule has 4 rings (SSSR count). The number of nitrogens with two attached hydrogens (primary N) is 1. The molecule has 1 aromatic carbocycles. The summed E-state index contributed by atoms with van der Waals surface area (Å²) in [6.45, 7) is 9.65. The van der Waals surface area contributed by atoms with Crippen LogP contribution < -0.4 is 5.73 Å². The van der Waals surface area contributed by atoms with Crippen LogP contribution in [-0.4, -0.2) is 24.7 Å². The summed E-state index contributed by atoms with van der Waals surface area (Å²) in [6.07, 6.45) is 6.73. The van der Waals surface area contributed by atoms with Gasteiger partial charge in [-0.25, -0.2) is 9.97 Å². The summed E-state index contributed by atoms with van der Waals surface area (Å²) < 4.78 is 1.95. The van der Waals surface area contributed by atoms with Gasteiger partial charge in [-0.1, -0.05) is 33.8 Å². The molecule has 4 aromatic rings. The Hall–Kier alpha value is -3.15. The molecule has 3 aromatic heterocycles. The number of rotatable bonds is 4. The van der Waals surface area contributed by atoms with Crippen LogP contribution in [0.2, 0.25) is 0 Å². The maximum atomic E-state index is 6.18. The van der Waals surface area contributed by atoms with Crippen LogP contribution in [0.1, 0.15) is 39.7 Å². The van der Waals surface area contributed by atoms with Gasteiger partial charge in [0, 0.05) is 30.1 Å². The fourth-order valence-corrected chi connectivity index (χ4v) is 3.29. The number of aromatic amines is 1. The number of nitrogens with one attached hydrogen (secondary N) is 1. The second-order valence-corrected chi connectivity index (χ2v) is 8.22. The molecule has 28 heavy (non-hydrogen) atoms. The molecule has 0 saturated carbocycles. The topological polar surface area (TPSA) is 85.4 Å². The van der Waals surface area contributed by atoms with Crippen molar-refractivity contribution in [2.24, 2.45) is 0 Å². The summed E-state index contributed by atoms with van der Waals surface area (Å²) in [5.74, 6) is 1.19. The molecule has 6 heteroatoms. The SMILES string of the molecule is CCCn1cc(-c2cnc(N)c(-c3nc4ccc(C(C)(C)C)cc4[nH]3)c2)cn1. The zero-order valence-corrected chi connectivity index (χ0v) is 16.8. The summed E-state index contributed by atoms with van der Waals surface area (Å²) >= 11 is 0. The van der Waals surface area contributed by atoms with Crippen molar-refractivity contribution < 1.29 is 0 Å². The van der Waals surface area contributed by atoms with Gasteiger partial charge < -0.3 is 10.7 Å². The minimum atomic E-state index is 0.0820. The number of nitrogen functional groups attached to an aromatic ring is 1. The number of imidazole rings is 1. The lowest BCUT2D eigenvalue weighted by Crippen LogP contribution is -2.10. The first-order valence-electron chi connectivity index (χ1n) is 9.64. The van der Waals surface area contributed by atoms with Crippen molar-refractivity contribution in [3.8, 4) is 22.5 Å². The highest BCUT2D eigenvalue weighted by molar-refractivity contribution is 5.84. The van der Waals surface area contributed by atoms with Crippen molar-refractivity contribution in [3.63, 3.8) is 0 Å². The van der Waals surface area contributed by atoms with Crippen molar-refractivity contribution in [1.29, 1.82) is 0 Å². The molecule has 0 fully saturated rings. The van der Waals surface area contributed by atoms with Crippen molar-refractivity contribution in [1.82, 2.24) is 24.7 Å².